The van der Waals surface area contributed by atoms with Crippen molar-refractivity contribution in [2.24, 2.45) is 0 Å². The predicted octanol–water partition coefficient (Wildman–Crippen LogP) is 0.604. The molecule has 0 atom stereocenters. The topological polar surface area (TPSA) is 111 Å². The zero-order valence-electron chi connectivity index (χ0n) is 13.4. The van der Waals surface area contributed by atoms with E-state index >= 15 is 0 Å². The van der Waals surface area contributed by atoms with Crippen molar-refractivity contribution in [1.82, 2.24) is 9.62 Å². The maximum Gasteiger partial charge on any atom is 0.273 e. The number of hydrogen-bond acceptors (Lipinski definition) is 7. The summed E-state index contributed by atoms with van der Waals surface area (Å²) in [5.41, 5.74) is -0.224. The zero-order valence-corrected chi connectivity index (χ0v) is 14.3. The fourth-order valence-electron chi connectivity index (χ4n) is 2.40. The standard InChI is InChI=1S/C14H21N3O6S/c1-22-13-11-12(17(18)19)3-4-14(13)24(20,21)15-5-2-6-16-7-9-23-10-8-16/h3-4,11,15H,2,5-10H2,1H3. The van der Waals surface area contributed by atoms with Gasteiger partial charge in [0.2, 0.25) is 10.0 Å². The molecule has 1 saturated heterocycles. The quantitative estimate of drug-likeness (QED) is 0.411. The van der Waals surface area contributed by atoms with Crippen LogP contribution in [0.2, 0.25) is 0 Å². The Morgan fingerprint density at radius 1 is 1.38 bits per heavy atom. The van der Waals surface area contributed by atoms with Crippen molar-refractivity contribution in [3.63, 3.8) is 0 Å². The normalized spacial score (nSPS) is 16.0. The minimum absolute atomic E-state index is 0.0510. The van der Waals surface area contributed by atoms with Crippen molar-refractivity contribution < 1.29 is 22.8 Å². The first-order valence-corrected chi connectivity index (χ1v) is 9.04. The van der Waals surface area contributed by atoms with Crippen molar-refractivity contribution in [2.75, 3.05) is 46.5 Å². The van der Waals surface area contributed by atoms with Gasteiger partial charge in [0.05, 0.1) is 31.3 Å². The monoisotopic (exact) mass is 359 g/mol. The highest BCUT2D eigenvalue weighted by atomic mass is 32.2. The predicted molar refractivity (Wildman–Crippen MR) is 86.7 cm³/mol. The minimum Gasteiger partial charge on any atom is -0.495 e. The summed E-state index contributed by atoms with van der Waals surface area (Å²) in [4.78, 5) is 12.3. The SMILES string of the molecule is COc1cc([N+](=O)[O-])ccc1S(=O)(=O)NCCCN1CCOCC1. The molecule has 0 spiro atoms. The van der Waals surface area contributed by atoms with Gasteiger partial charge in [-0.25, -0.2) is 13.1 Å². The van der Waals surface area contributed by atoms with Gasteiger partial charge in [-0.15, -0.1) is 0 Å². The van der Waals surface area contributed by atoms with Gasteiger partial charge in [0, 0.05) is 25.7 Å². The Morgan fingerprint density at radius 2 is 2.08 bits per heavy atom. The summed E-state index contributed by atoms with van der Waals surface area (Å²) in [6.45, 7) is 4.16. The van der Waals surface area contributed by atoms with Crippen LogP contribution in [0.15, 0.2) is 23.1 Å². The highest BCUT2D eigenvalue weighted by Crippen LogP contribution is 2.28. The van der Waals surface area contributed by atoms with Crippen molar-refractivity contribution in [1.29, 1.82) is 0 Å². The number of nitrogens with zero attached hydrogens (tertiary/aromatic N) is 2. The number of methoxy groups -OCH3 is 1. The third kappa shape index (κ3) is 4.87. The van der Waals surface area contributed by atoms with E-state index in [0.29, 0.717) is 19.6 Å². The summed E-state index contributed by atoms with van der Waals surface area (Å²) in [6, 6.07) is 3.42. The number of non-ortho nitro benzene ring substituents is 1. The number of sulfonamides is 1. The number of morpholine rings is 1. The van der Waals surface area contributed by atoms with Crippen LogP contribution in [0.25, 0.3) is 0 Å². The number of nitro groups is 1. The van der Waals surface area contributed by atoms with Crippen molar-refractivity contribution >= 4 is 15.7 Å². The van der Waals surface area contributed by atoms with E-state index in [9.17, 15) is 18.5 Å². The molecule has 0 bridgehead atoms. The molecule has 0 aliphatic carbocycles. The van der Waals surface area contributed by atoms with Gasteiger partial charge in [-0.1, -0.05) is 0 Å². The third-order valence-corrected chi connectivity index (χ3v) is 5.19. The first-order valence-electron chi connectivity index (χ1n) is 7.56. The molecule has 134 valence electrons. The molecule has 9 nitrogen and oxygen atoms in total. The maximum atomic E-state index is 12.3. The van der Waals surface area contributed by atoms with Gasteiger partial charge in [0.1, 0.15) is 10.6 Å². The molecule has 1 fully saturated rings. The van der Waals surface area contributed by atoms with E-state index in [0.717, 1.165) is 31.8 Å². The van der Waals surface area contributed by atoms with Crippen LogP contribution >= 0.6 is 0 Å². The average molecular weight is 359 g/mol. The van der Waals surface area contributed by atoms with Crippen LogP contribution in [0.1, 0.15) is 6.42 Å². The number of nitrogens with one attached hydrogen (secondary N) is 1. The number of rotatable bonds is 8. The van der Waals surface area contributed by atoms with Gasteiger partial charge in [0.25, 0.3) is 5.69 Å². The van der Waals surface area contributed by atoms with E-state index in [4.69, 9.17) is 9.47 Å². The lowest BCUT2D eigenvalue weighted by Crippen LogP contribution is -2.38. The lowest BCUT2D eigenvalue weighted by Gasteiger charge is -2.26. The summed E-state index contributed by atoms with van der Waals surface area (Å²) in [7, 11) is -2.51. The van der Waals surface area contributed by atoms with Crippen LogP contribution in [-0.4, -0.2) is 64.7 Å². The second kappa shape index (κ2) is 8.38. The van der Waals surface area contributed by atoms with Gasteiger partial charge in [-0.05, 0) is 19.0 Å². The van der Waals surface area contributed by atoms with Crippen LogP contribution < -0.4 is 9.46 Å². The van der Waals surface area contributed by atoms with E-state index < -0.39 is 14.9 Å². The summed E-state index contributed by atoms with van der Waals surface area (Å²) in [6.07, 6.45) is 0.661. The highest BCUT2D eigenvalue weighted by molar-refractivity contribution is 7.89. The Balaban J connectivity index is 1.95. The number of nitro benzene ring substituents is 1. The van der Waals surface area contributed by atoms with Gasteiger partial charge >= 0.3 is 0 Å². The van der Waals surface area contributed by atoms with Crippen molar-refractivity contribution in [2.45, 2.75) is 11.3 Å². The molecular formula is C14H21N3O6S. The van der Waals surface area contributed by atoms with Gasteiger partial charge in [-0.3, -0.25) is 15.0 Å². The summed E-state index contributed by atoms with van der Waals surface area (Å²) in [5, 5.41) is 10.8. The second-order valence-corrected chi connectivity index (χ2v) is 7.03. The summed E-state index contributed by atoms with van der Waals surface area (Å²) in [5.74, 6) is -0.0510. The van der Waals surface area contributed by atoms with Crippen LogP contribution in [0, 0.1) is 10.1 Å². The molecule has 1 N–H and O–H groups in total. The average Bonchev–Trinajstić information content (AvgIpc) is 2.59. The third-order valence-electron chi connectivity index (χ3n) is 3.69. The second-order valence-electron chi connectivity index (χ2n) is 5.30. The van der Waals surface area contributed by atoms with Crippen LogP contribution in [-0.2, 0) is 14.8 Å². The van der Waals surface area contributed by atoms with E-state index in [2.05, 4.69) is 9.62 Å². The van der Waals surface area contributed by atoms with E-state index in [1.807, 2.05) is 0 Å². The van der Waals surface area contributed by atoms with Crippen molar-refractivity contribution in [3.8, 4) is 5.75 Å². The smallest absolute Gasteiger partial charge is 0.273 e. The van der Waals surface area contributed by atoms with E-state index in [1.165, 1.54) is 13.2 Å². The first-order chi connectivity index (χ1) is 11.4. The molecule has 24 heavy (non-hydrogen) atoms. The Morgan fingerprint density at radius 3 is 2.71 bits per heavy atom. The fraction of sp³-hybridized carbons (Fsp3) is 0.571. The van der Waals surface area contributed by atoms with Crippen LogP contribution in [0.4, 0.5) is 5.69 Å². The number of hydrogen-bond donors (Lipinski definition) is 1. The molecule has 10 heteroatoms. The Labute approximate surface area is 140 Å². The molecule has 0 unspecified atom stereocenters. The van der Waals surface area contributed by atoms with Gasteiger partial charge in [-0.2, -0.15) is 0 Å². The van der Waals surface area contributed by atoms with Crippen molar-refractivity contribution in [3.05, 3.63) is 28.3 Å². The molecule has 1 aliphatic heterocycles. The molecule has 1 aromatic rings. The number of benzene rings is 1. The Hall–Kier alpha value is -1.75. The maximum absolute atomic E-state index is 12.3. The summed E-state index contributed by atoms with van der Waals surface area (Å²) >= 11 is 0. The number of ether oxygens (including phenoxy) is 2. The molecule has 2 rings (SSSR count). The molecule has 1 aromatic carbocycles. The molecule has 0 amide bonds. The molecular weight excluding hydrogens is 338 g/mol. The Kier molecular flexibility index (Phi) is 6.49. The molecule has 1 heterocycles. The Bertz CT molecular complexity index is 673. The van der Waals surface area contributed by atoms with Crippen LogP contribution in [0.5, 0.6) is 5.75 Å². The molecule has 0 saturated carbocycles. The van der Waals surface area contributed by atoms with Crippen LogP contribution in [0.3, 0.4) is 0 Å². The van der Waals surface area contributed by atoms with E-state index in [1.54, 1.807) is 0 Å². The lowest BCUT2D eigenvalue weighted by molar-refractivity contribution is -0.385. The summed E-state index contributed by atoms with van der Waals surface area (Å²) < 4.78 is 37.4. The van der Waals surface area contributed by atoms with E-state index in [-0.39, 0.29) is 22.9 Å². The van der Waals surface area contributed by atoms with Gasteiger partial charge < -0.3 is 9.47 Å². The fourth-order valence-corrected chi connectivity index (χ4v) is 3.63. The molecule has 1 aliphatic rings. The molecule has 0 radical (unpaired) electrons. The first kappa shape index (κ1) is 18.6. The largest absolute Gasteiger partial charge is 0.495 e. The van der Waals surface area contributed by atoms with Gasteiger partial charge in [0.15, 0.2) is 0 Å². The highest BCUT2D eigenvalue weighted by Gasteiger charge is 2.22. The zero-order chi connectivity index (χ0) is 17.6. The lowest BCUT2D eigenvalue weighted by atomic mass is 10.3. The molecule has 0 aromatic heterocycles. The minimum atomic E-state index is -3.79.